The Labute approximate surface area is 306 Å². The Bertz CT molecular complexity index is 1830. The highest BCUT2D eigenvalue weighted by Crippen LogP contribution is 2.20. The Kier molecular flexibility index (Phi) is 16.4. The largest absolute Gasteiger partial charge is 0.481 e. The number of nitrogens with zero attached hydrogens (tertiary/aromatic N) is 3. The second-order valence-corrected chi connectivity index (χ2v) is 13.1. The number of aryl methyl sites for hydroxylation is 1. The van der Waals surface area contributed by atoms with Gasteiger partial charge in [0.15, 0.2) is 17.2 Å². The number of aromatic nitrogens is 4. The number of H-pyrrole nitrogens is 1. The third-order valence-corrected chi connectivity index (χ3v) is 9.15. The molecule has 0 bridgehead atoms. The maximum atomic E-state index is 12.8. The van der Waals surface area contributed by atoms with Crippen molar-refractivity contribution in [2.45, 2.75) is 63.6 Å². The van der Waals surface area contributed by atoms with Crippen LogP contribution in [0.3, 0.4) is 0 Å². The van der Waals surface area contributed by atoms with E-state index in [0.717, 1.165) is 22.9 Å². The number of nitrogens with two attached hydrogens (primary N) is 2. The third kappa shape index (κ3) is 13.6. The van der Waals surface area contributed by atoms with Gasteiger partial charge in [-0.25, -0.2) is 4.79 Å². The number of rotatable bonds is 25. The quantitative estimate of drug-likeness (QED) is 0.0568. The number of nitrogens with one attached hydrogen (secondary N) is 2. The molecule has 1 aromatic carbocycles. The molecular formula is C33H43N7O12S. The fourth-order valence-corrected chi connectivity index (χ4v) is 6.14. The molecule has 19 nitrogen and oxygen atoms in total. The van der Waals surface area contributed by atoms with Gasteiger partial charge in [0.05, 0.1) is 31.5 Å². The minimum Gasteiger partial charge on any atom is -0.481 e. The molecule has 20 heteroatoms. The number of nitrogen functional groups attached to an aromatic ring is 1. The average molecular weight is 762 g/mol. The number of fused-ring (bicyclic) bond motifs is 1. The Morgan fingerprint density at radius 1 is 0.943 bits per heavy atom. The van der Waals surface area contributed by atoms with E-state index in [-0.39, 0.29) is 85.5 Å². The molecule has 0 saturated heterocycles. The van der Waals surface area contributed by atoms with E-state index in [1.807, 2.05) is 0 Å². The van der Waals surface area contributed by atoms with Gasteiger partial charge in [-0.1, -0.05) is 24.3 Å². The number of carbonyl (C=O) groups excluding carboxylic acids is 3. The van der Waals surface area contributed by atoms with Crippen LogP contribution in [0.15, 0.2) is 29.1 Å². The van der Waals surface area contributed by atoms with Crippen LogP contribution in [-0.4, -0.2) is 114 Å². The summed E-state index contributed by atoms with van der Waals surface area (Å²) in [5.74, 6) is -6.48. The summed E-state index contributed by atoms with van der Waals surface area (Å²) in [7, 11) is 1.52. The molecule has 2 heterocycles. The molecule has 0 fully saturated rings. The standard InChI is InChI=1S/C33H43N7O12S/c1-51-12-13-52-32-38-28(35)27-29(39-32)40(33(50)37-27)15-19-4-2-18(3-5-19)6-7-21(41)14-20(30(46)47)16-53-17-23(24(42)9-11-26(44)45)36-25(43)10-8-22(34)31(48)49/h2-5,20,22-23H,6-17,34H2,1H3,(H,36,43)(H,37,50)(H,44,45)(H,46,47)(H,48,49)(H2,35,38,39). The van der Waals surface area contributed by atoms with Gasteiger partial charge in [0.1, 0.15) is 23.9 Å². The van der Waals surface area contributed by atoms with Gasteiger partial charge in [0.25, 0.3) is 0 Å². The van der Waals surface area contributed by atoms with Gasteiger partial charge in [-0.2, -0.15) is 21.7 Å². The third-order valence-electron chi connectivity index (χ3n) is 7.94. The number of anilines is 1. The second kappa shape index (κ2) is 20.6. The molecular weight excluding hydrogens is 718 g/mol. The zero-order valence-electron chi connectivity index (χ0n) is 28.9. The smallest absolute Gasteiger partial charge is 0.328 e. The highest BCUT2D eigenvalue weighted by Gasteiger charge is 2.26. The van der Waals surface area contributed by atoms with Crippen molar-refractivity contribution in [1.82, 2.24) is 24.8 Å². The van der Waals surface area contributed by atoms with Gasteiger partial charge in [-0.05, 0) is 24.0 Å². The summed E-state index contributed by atoms with van der Waals surface area (Å²) in [4.78, 5) is 95.4. The van der Waals surface area contributed by atoms with Crippen molar-refractivity contribution in [3.63, 3.8) is 0 Å². The number of ether oxygens (including phenoxy) is 2. The SMILES string of the molecule is COCCOc1nc(N)c2[nH]c(=O)n(Cc3ccc(CCC(=O)CC(CSCC(NC(=O)CCC(N)C(=O)O)C(=O)CCC(=O)O)C(=O)O)cc3)c2n1. The fourth-order valence-electron chi connectivity index (χ4n) is 4.95. The van der Waals surface area contributed by atoms with Crippen LogP contribution in [0.5, 0.6) is 6.01 Å². The Hall–Kier alpha value is -5.34. The number of ketones is 2. The van der Waals surface area contributed by atoms with Crippen LogP contribution in [0.4, 0.5) is 5.82 Å². The minimum absolute atomic E-state index is 0.00277. The maximum Gasteiger partial charge on any atom is 0.328 e. The van der Waals surface area contributed by atoms with E-state index in [9.17, 15) is 38.7 Å². The van der Waals surface area contributed by atoms with E-state index in [4.69, 9.17) is 31.2 Å². The van der Waals surface area contributed by atoms with Gasteiger partial charge in [0, 0.05) is 44.3 Å². The van der Waals surface area contributed by atoms with Crippen molar-refractivity contribution in [3.05, 3.63) is 45.9 Å². The number of aliphatic carboxylic acids is 3. The van der Waals surface area contributed by atoms with Crippen LogP contribution in [0, 0.1) is 5.92 Å². The number of carbonyl (C=O) groups is 6. The summed E-state index contributed by atoms with van der Waals surface area (Å²) >= 11 is 1.01. The number of carboxylic acid groups (broad SMARTS) is 3. The molecule has 0 radical (unpaired) electrons. The minimum atomic E-state index is -1.30. The molecule has 0 aliphatic heterocycles. The van der Waals surface area contributed by atoms with Gasteiger partial charge < -0.3 is 46.6 Å². The van der Waals surface area contributed by atoms with Crippen molar-refractivity contribution in [3.8, 4) is 6.01 Å². The van der Waals surface area contributed by atoms with Crippen molar-refractivity contribution in [2.24, 2.45) is 11.7 Å². The zero-order valence-corrected chi connectivity index (χ0v) is 29.8. The van der Waals surface area contributed by atoms with Crippen molar-refractivity contribution >= 4 is 64.1 Å². The molecule has 9 N–H and O–H groups in total. The van der Waals surface area contributed by atoms with Gasteiger partial charge >= 0.3 is 29.6 Å². The molecule has 0 saturated carbocycles. The fraction of sp³-hybridized carbons (Fsp3) is 0.485. The number of thioether (sulfide) groups is 1. The van der Waals surface area contributed by atoms with Crippen LogP contribution >= 0.6 is 11.8 Å². The molecule has 53 heavy (non-hydrogen) atoms. The molecule has 0 aliphatic carbocycles. The van der Waals surface area contributed by atoms with Gasteiger partial charge in [-0.3, -0.25) is 33.3 Å². The number of Topliss-reactive ketones (excluding diaryl/α,β-unsaturated/α-hetero) is 2. The normalized spacial score (nSPS) is 12.9. The summed E-state index contributed by atoms with van der Waals surface area (Å²) < 4.78 is 11.8. The number of methoxy groups -OCH3 is 1. The summed E-state index contributed by atoms with van der Waals surface area (Å²) in [6.45, 7) is 0.645. The number of carboxylic acids is 3. The lowest BCUT2D eigenvalue weighted by Crippen LogP contribution is -2.43. The van der Waals surface area contributed by atoms with Crippen LogP contribution < -0.4 is 27.2 Å². The molecule has 3 unspecified atom stereocenters. The van der Waals surface area contributed by atoms with Gasteiger partial charge in [-0.15, -0.1) is 0 Å². The summed E-state index contributed by atoms with van der Waals surface area (Å²) in [5, 5.41) is 30.1. The van der Waals surface area contributed by atoms with E-state index in [1.54, 1.807) is 24.3 Å². The molecule has 288 valence electrons. The first kappa shape index (κ1) is 42.1. The highest BCUT2D eigenvalue weighted by molar-refractivity contribution is 7.99. The second-order valence-electron chi connectivity index (χ2n) is 12.0. The Morgan fingerprint density at radius 2 is 1.64 bits per heavy atom. The molecule has 0 aliphatic rings. The van der Waals surface area contributed by atoms with Crippen LogP contribution in [0.2, 0.25) is 0 Å². The first-order valence-electron chi connectivity index (χ1n) is 16.5. The monoisotopic (exact) mass is 761 g/mol. The number of hydrogen-bond acceptors (Lipinski definition) is 14. The molecule has 3 atom stereocenters. The van der Waals surface area contributed by atoms with Crippen LogP contribution in [0.1, 0.15) is 49.7 Å². The van der Waals surface area contributed by atoms with E-state index in [0.29, 0.717) is 13.0 Å². The van der Waals surface area contributed by atoms with E-state index < -0.39 is 59.7 Å². The predicted molar refractivity (Wildman–Crippen MR) is 191 cm³/mol. The lowest BCUT2D eigenvalue weighted by atomic mass is 9.99. The molecule has 3 rings (SSSR count). The topological polar surface area (TPSA) is 309 Å². The number of amides is 1. The summed E-state index contributed by atoms with van der Waals surface area (Å²) in [5.41, 5.74) is 13.1. The first-order valence-corrected chi connectivity index (χ1v) is 17.6. The summed E-state index contributed by atoms with van der Waals surface area (Å²) in [6, 6.07) is 4.72. The number of benzene rings is 1. The molecule has 3 aromatic rings. The molecule has 0 spiro atoms. The predicted octanol–water partition coefficient (Wildman–Crippen LogP) is 0.212. The van der Waals surface area contributed by atoms with Gasteiger partial charge in [0.2, 0.25) is 5.91 Å². The molecule has 1 amide bonds. The van der Waals surface area contributed by atoms with Crippen molar-refractivity contribution < 1.29 is 53.6 Å². The van der Waals surface area contributed by atoms with Crippen molar-refractivity contribution in [1.29, 1.82) is 0 Å². The van der Waals surface area contributed by atoms with Crippen molar-refractivity contribution in [2.75, 3.05) is 37.6 Å². The van der Waals surface area contributed by atoms with E-state index in [1.165, 1.54) is 11.7 Å². The molecule has 2 aromatic heterocycles. The Balaban J connectivity index is 1.54. The van der Waals surface area contributed by atoms with Crippen LogP contribution in [0.25, 0.3) is 11.2 Å². The first-order chi connectivity index (χ1) is 25.2. The van der Waals surface area contributed by atoms with Crippen LogP contribution in [-0.2, 0) is 46.5 Å². The average Bonchev–Trinajstić information content (AvgIpc) is 3.42. The lowest BCUT2D eigenvalue weighted by molar-refractivity contribution is -0.143. The maximum absolute atomic E-state index is 12.8. The van der Waals surface area contributed by atoms with E-state index >= 15 is 0 Å². The summed E-state index contributed by atoms with van der Waals surface area (Å²) in [6.07, 6.45) is -1.23. The number of aromatic amines is 1. The Morgan fingerprint density at radius 3 is 2.28 bits per heavy atom. The number of imidazole rings is 1. The zero-order chi connectivity index (χ0) is 39.1. The highest BCUT2D eigenvalue weighted by atomic mass is 32.2. The lowest BCUT2D eigenvalue weighted by Gasteiger charge is -2.19. The number of hydrogen-bond donors (Lipinski definition) is 7. The van der Waals surface area contributed by atoms with E-state index in [2.05, 4.69) is 20.3 Å².